The number of hydrogen-bond acceptors (Lipinski definition) is 4. The number of aromatic nitrogens is 1. The van der Waals surface area contributed by atoms with Gasteiger partial charge in [-0.2, -0.15) is 0 Å². The van der Waals surface area contributed by atoms with Gasteiger partial charge >= 0.3 is 0 Å². The second-order valence-corrected chi connectivity index (χ2v) is 5.70. The van der Waals surface area contributed by atoms with Gasteiger partial charge in [0.2, 0.25) is 0 Å². The van der Waals surface area contributed by atoms with E-state index in [9.17, 15) is 5.11 Å². The first-order valence-corrected chi connectivity index (χ1v) is 6.70. The van der Waals surface area contributed by atoms with Gasteiger partial charge in [-0.15, -0.1) is 0 Å². The maximum Gasteiger partial charge on any atom is 0.185 e. The third kappa shape index (κ3) is 2.40. The van der Waals surface area contributed by atoms with Gasteiger partial charge in [-0.1, -0.05) is 35.1 Å². The Morgan fingerprint density at radius 2 is 2.00 bits per heavy atom. The standard InChI is InChI=1S/C14H18N2OS/c1-9-5-6-11(10(2)7-9)13-12(8-17)18-14(15-13)16(3)4/h5-7,17H,8H2,1-4H3. The smallest absolute Gasteiger partial charge is 0.185 e. The number of thiazole rings is 1. The maximum absolute atomic E-state index is 9.47. The van der Waals surface area contributed by atoms with E-state index < -0.39 is 0 Å². The summed E-state index contributed by atoms with van der Waals surface area (Å²) in [6, 6.07) is 6.31. The van der Waals surface area contributed by atoms with Crippen molar-refractivity contribution in [1.29, 1.82) is 0 Å². The van der Waals surface area contributed by atoms with Gasteiger partial charge in [-0.05, 0) is 19.4 Å². The monoisotopic (exact) mass is 262 g/mol. The molecule has 0 radical (unpaired) electrons. The fourth-order valence-corrected chi connectivity index (χ4v) is 2.78. The molecule has 4 heteroatoms. The van der Waals surface area contributed by atoms with Crippen LogP contribution in [0, 0.1) is 13.8 Å². The Labute approximate surface area is 112 Å². The average Bonchev–Trinajstić information content (AvgIpc) is 2.73. The molecule has 0 spiro atoms. The lowest BCUT2D eigenvalue weighted by Gasteiger charge is -2.07. The molecule has 1 heterocycles. The van der Waals surface area contributed by atoms with Crippen molar-refractivity contribution in [3.63, 3.8) is 0 Å². The summed E-state index contributed by atoms with van der Waals surface area (Å²) in [6.07, 6.45) is 0. The van der Waals surface area contributed by atoms with Gasteiger partial charge in [0.25, 0.3) is 0 Å². The van der Waals surface area contributed by atoms with Gasteiger partial charge in [0.1, 0.15) is 0 Å². The van der Waals surface area contributed by atoms with Gasteiger partial charge in [0, 0.05) is 19.7 Å². The Kier molecular flexibility index (Phi) is 3.68. The third-order valence-electron chi connectivity index (χ3n) is 2.85. The van der Waals surface area contributed by atoms with Crippen LogP contribution in [0.1, 0.15) is 16.0 Å². The summed E-state index contributed by atoms with van der Waals surface area (Å²) in [5, 5.41) is 10.4. The zero-order chi connectivity index (χ0) is 13.3. The maximum atomic E-state index is 9.47. The van der Waals surface area contributed by atoms with Crippen LogP contribution in [0.15, 0.2) is 18.2 Å². The van der Waals surface area contributed by atoms with Crippen molar-refractivity contribution in [3.8, 4) is 11.3 Å². The lowest BCUT2D eigenvalue weighted by atomic mass is 10.0. The van der Waals surface area contributed by atoms with E-state index in [2.05, 4.69) is 37.0 Å². The van der Waals surface area contributed by atoms with E-state index in [0.29, 0.717) is 0 Å². The van der Waals surface area contributed by atoms with Gasteiger partial charge in [0.05, 0.1) is 17.2 Å². The minimum atomic E-state index is 0.0359. The fourth-order valence-electron chi connectivity index (χ4n) is 1.93. The average molecular weight is 262 g/mol. The molecule has 1 aromatic carbocycles. The third-order valence-corrected chi connectivity index (χ3v) is 4.06. The van der Waals surface area contributed by atoms with Crippen LogP contribution in [0.3, 0.4) is 0 Å². The summed E-state index contributed by atoms with van der Waals surface area (Å²) in [6.45, 7) is 4.20. The molecular formula is C14H18N2OS. The van der Waals surface area contributed by atoms with Gasteiger partial charge < -0.3 is 10.0 Å². The second kappa shape index (κ2) is 5.08. The lowest BCUT2D eigenvalue weighted by molar-refractivity contribution is 0.286. The Hall–Kier alpha value is -1.39. The zero-order valence-corrected chi connectivity index (χ0v) is 12.0. The molecule has 18 heavy (non-hydrogen) atoms. The SMILES string of the molecule is Cc1ccc(-c2nc(N(C)C)sc2CO)c(C)c1. The molecule has 0 saturated carbocycles. The molecule has 0 saturated heterocycles. The van der Waals surface area contributed by atoms with E-state index in [1.54, 1.807) is 11.3 Å². The molecule has 2 rings (SSSR count). The molecule has 0 aliphatic heterocycles. The van der Waals surface area contributed by atoms with Crippen LogP contribution in [0.4, 0.5) is 5.13 Å². The topological polar surface area (TPSA) is 36.4 Å². The quantitative estimate of drug-likeness (QED) is 0.924. The summed E-state index contributed by atoms with van der Waals surface area (Å²) in [4.78, 5) is 7.52. The normalized spacial score (nSPS) is 10.7. The minimum absolute atomic E-state index is 0.0359. The van der Waals surface area contributed by atoms with E-state index in [0.717, 1.165) is 21.3 Å². The van der Waals surface area contributed by atoms with E-state index in [4.69, 9.17) is 0 Å². The van der Waals surface area contributed by atoms with Crippen molar-refractivity contribution in [1.82, 2.24) is 4.98 Å². The first-order valence-electron chi connectivity index (χ1n) is 5.88. The highest BCUT2D eigenvalue weighted by molar-refractivity contribution is 7.16. The van der Waals surface area contributed by atoms with E-state index >= 15 is 0 Å². The van der Waals surface area contributed by atoms with Crippen molar-refractivity contribution >= 4 is 16.5 Å². The number of aryl methyl sites for hydroxylation is 2. The van der Waals surface area contributed by atoms with Crippen LogP contribution in [0.25, 0.3) is 11.3 Å². The Morgan fingerprint density at radius 3 is 2.56 bits per heavy atom. The largest absolute Gasteiger partial charge is 0.391 e. The molecule has 0 unspecified atom stereocenters. The van der Waals surface area contributed by atoms with Crippen LogP contribution < -0.4 is 4.90 Å². The molecule has 2 aromatic rings. The van der Waals surface area contributed by atoms with E-state index in [-0.39, 0.29) is 6.61 Å². The molecule has 1 N–H and O–H groups in total. The van der Waals surface area contributed by atoms with E-state index in [1.165, 1.54) is 11.1 Å². The second-order valence-electron chi connectivity index (χ2n) is 4.64. The van der Waals surface area contributed by atoms with Crippen molar-refractivity contribution < 1.29 is 5.11 Å². The van der Waals surface area contributed by atoms with Crippen molar-refractivity contribution in [2.24, 2.45) is 0 Å². The first-order chi connectivity index (χ1) is 8.52. The highest BCUT2D eigenvalue weighted by Crippen LogP contribution is 2.34. The van der Waals surface area contributed by atoms with Crippen molar-refractivity contribution in [2.75, 3.05) is 19.0 Å². The predicted molar refractivity (Wildman–Crippen MR) is 77.3 cm³/mol. The minimum Gasteiger partial charge on any atom is -0.391 e. The highest BCUT2D eigenvalue weighted by atomic mass is 32.1. The lowest BCUT2D eigenvalue weighted by Crippen LogP contribution is -2.07. The van der Waals surface area contributed by atoms with Gasteiger partial charge in [-0.3, -0.25) is 0 Å². The summed E-state index contributed by atoms with van der Waals surface area (Å²) >= 11 is 1.54. The predicted octanol–water partition coefficient (Wildman–Crippen LogP) is 2.99. The summed E-state index contributed by atoms with van der Waals surface area (Å²) < 4.78 is 0. The molecule has 96 valence electrons. The van der Waals surface area contributed by atoms with Gasteiger partial charge in [0.15, 0.2) is 5.13 Å². The number of aliphatic hydroxyl groups excluding tert-OH is 1. The molecule has 0 bridgehead atoms. The van der Waals surface area contributed by atoms with E-state index in [1.807, 2.05) is 19.0 Å². The number of aliphatic hydroxyl groups is 1. The molecular weight excluding hydrogens is 244 g/mol. The fraction of sp³-hybridized carbons (Fsp3) is 0.357. The molecule has 1 aromatic heterocycles. The summed E-state index contributed by atoms with van der Waals surface area (Å²) in [7, 11) is 3.93. The number of rotatable bonds is 3. The zero-order valence-electron chi connectivity index (χ0n) is 11.2. The number of hydrogen-bond donors (Lipinski definition) is 1. The first kappa shape index (κ1) is 13.1. The van der Waals surface area contributed by atoms with Gasteiger partial charge in [-0.25, -0.2) is 4.98 Å². The van der Waals surface area contributed by atoms with Crippen LogP contribution >= 0.6 is 11.3 Å². The Balaban J connectivity index is 2.55. The molecule has 0 aliphatic carbocycles. The molecule has 0 amide bonds. The molecule has 0 atom stereocenters. The van der Waals surface area contributed by atoms with Crippen molar-refractivity contribution in [2.45, 2.75) is 20.5 Å². The molecule has 3 nitrogen and oxygen atoms in total. The molecule has 0 fully saturated rings. The van der Waals surface area contributed by atoms with Crippen LogP contribution in [-0.2, 0) is 6.61 Å². The van der Waals surface area contributed by atoms with Crippen LogP contribution in [0.5, 0.6) is 0 Å². The number of benzene rings is 1. The number of anilines is 1. The Morgan fingerprint density at radius 1 is 1.28 bits per heavy atom. The number of nitrogens with zero attached hydrogens (tertiary/aromatic N) is 2. The molecule has 0 aliphatic rings. The Bertz CT molecular complexity index is 561. The van der Waals surface area contributed by atoms with Crippen LogP contribution in [-0.4, -0.2) is 24.2 Å². The highest BCUT2D eigenvalue weighted by Gasteiger charge is 2.15. The summed E-state index contributed by atoms with van der Waals surface area (Å²) in [5.41, 5.74) is 4.45. The summed E-state index contributed by atoms with van der Waals surface area (Å²) in [5.74, 6) is 0. The van der Waals surface area contributed by atoms with Crippen LogP contribution in [0.2, 0.25) is 0 Å². The van der Waals surface area contributed by atoms with Crippen molar-refractivity contribution in [3.05, 3.63) is 34.2 Å².